The molecule has 1 aliphatic rings. The van der Waals surface area contributed by atoms with E-state index in [9.17, 15) is 0 Å². The number of hydrogen-bond donors (Lipinski definition) is 1. The summed E-state index contributed by atoms with van der Waals surface area (Å²) in [6.45, 7) is 5.74. The largest absolute Gasteiger partial charge is 0.399 e. The molecule has 0 aliphatic heterocycles. The Kier molecular flexibility index (Phi) is 6.16. The quantitative estimate of drug-likeness (QED) is 0.548. The first kappa shape index (κ1) is 13.6. The van der Waals surface area contributed by atoms with Crippen molar-refractivity contribution >= 4 is 0 Å². The Morgan fingerprint density at radius 3 is 2.41 bits per heavy atom. The van der Waals surface area contributed by atoms with Crippen molar-refractivity contribution in [2.75, 3.05) is 0 Å². The highest BCUT2D eigenvalue weighted by Gasteiger charge is 2.07. The molecule has 0 aromatic heterocycles. The lowest BCUT2D eigenvalue weighted by molar-refractivity contribution is 0.693. The SMILES string of the molecule is C=C(N)/C=C/C1=C(/C=C\C/C=C\C)CCCC1. The molecule has 0 amide bonds. The average Bonchev–Trinajstić information content (AvgIpc) is 2.33. The highest BCUT2D eigenvalue weighted by atomic mass is 14.5. The summed E-state index contributed by atoms with van der Waals surface area (Å²) in [5, 5.41) is 0. The maximum absolute atomic E-state index is 5.56. The minimum absolute atomic E-state index is 0.625. The lowest BCUT2D eigenvalue weighted by atomic mass is 9.91. The Bertz CT molecular complexity index is 367. The molecule has 0 aromatic rings. The van der Waals surface area contributed by atoms with Crippen LogP contribution in [0.5, 0.6) is 0 Å². The lowest BCUT2D eigenvalue weighted by Gasteiger charge is -2.15. The molecule has 0 aromatic carbocycles. The zero-order valence-corrected chi connectivity index (χ0v) is 10.8. The summed E-state index contributed by atoms with van der Waals surface area (Å²) in [5.74, 6) is 0. The Balaban J connectivity index is 2.73. The van der Waals surface area contributed by atoms with Crippen LogP contribution in [0, 0.1) is 0 Å². The Labute approximate surface area is 105 Å². The lowest BCUT2D eigenvalue weighted by Crippen LogP contribution is -1.97. The highest BCUT2D eigenvalue weighted by Crippen LogP contribution is 2.26. The first-order chi connectivity index (χ1) is 8.24. The van der Waals surface area contributed by atoms with Gasteiger partial charge in [-0.2, -0.15) is 0 Å². The Morgan fingerprint density at radius 2 is 1.82 bits per heavy atom. The minimum atomic E-state index is 0.625. The fourth-order valence-corrected chi connectivity index (χ4v) is 1.97. The maximum Gasteiger partial charge on any atom is 0.0241 e. The second kappa shape index (κ2) is 7.72. The second-order valence-corrected chi connectivity index (χ2v) is 4.37. The molecule has 0 saturated heterocycles. The van der Waals surface area contributed by atoms with E-state index in [-0.39, 0.29) is 0 Å². The summed E-state index contributed by atoms with van der Waals surface area (Å²) in [7, 11) is 0. The van der Waals surface area contributed by atoms with Crippen molar-refractivity contribution in [3.05, 3.63) is 59.9 Å². The van der Waals surface area contributed by atoms with Crippen molar-refractivity contribution in [1.82, 2.24) is 0 Å². The van der Waals surface area contributed by atoms with E-state index < -0.39 is 0 Å². The van der Waals surface area contributed by atoms with E-state index in [1.165, 1.54) is 30.4 Å². The van der Waals surface area contributed by atoms with E-state index in [4.69, 9.17) is 5.73 Å². The van der Waals surface area contributed by atoms with Crippen molar-refractivity contribution in [3.8, 4) is 0 Å². The molecule has 0 heterocycles. The molecule has 0 fully saturated rings. The third-order valence-electron chi connectivity index (χ3n) is 2.88. The van der Waals surface area contributed by atoms with Gasteiger partial charge < -0.3 is 5.73 Å². The summed E-state index contributed by atoms with van der Waals surface area (Å²) in [6, 6.07) is 0. The number of allylic oxidation sites excluding steroid dienone is 8. The molecule has 0 spiro atoms. The fraction of sp³-hybridized carbons (Fsp3) is 0.375. The van der Waals surface area contributed by atoms with E-state index in [1.807, 2.05) is 6.08 Å². The third-order valence-corrected chi connectivity index (χ3v) is 2.88. The molecule has 92 valence electrons. The van der Waals surface area contributed by atoms with Gasteiger partial charge in [-0.25, -0.2) is 0 Å². The summed E-state index contributed by atoms with van der Waals surface area (Å²) >= 11 is 0. The molecule has 0 saturated carbocycles. The molecular weight excluding hydrogens is 206 g/mol. The number of nitrogens with two attached hydrogens (primary N) is 1. The molecule has 1 heteroatoms. The number of hydrogen-bond acceptors (Lipinski definition) is 1. The van der Waals surface area contributed by atoms with Crippen molar-refractivity contribution in [1.29, 1.82) is 0 Å². The van der Waals surface area contributed by atoms with Gasteiger partial charge in [-0.05, 0) is 56.3 Å². The van der Waals surface area contributed by atoms with Crippen LogP contribution in [0.4, 0.5) is 0 Å². The summed E-state index contributed by atoms with van der Waals surface area (Å²) in [6.07, 6.45) is 18.7. The summed E-state index contributed by atoms with van der Waals surface area (Å²) in [4.78, 5) is 0. The first-order valence-electron chi connectivity index (χ1n) is 6.36. The molecule has 0 unspecified atom stereocenters. The smallest absolute Gasteiger partial charge is 0.0241 e. The van der Waals surface area contributed by atoms with Gasteiger partial charge in [0.25, 0.3) is 0 Å². The predicted octanol–water partition coefficient (Wildman–Crippen LogP) is 4.41. The van der Waals surface area contributed by atoms with Gasteiger partial charge in [0, 0.05) is 5.70 Å². The predicted molar refractivity (Wildman–Crippen MR) is 76.5 cm³/mol. The molecule has 1 rings (SSSR count). The van der Waals surface area contributed by atoms with E-state index in [0.29, 0.717) is 5.70 Å². The fourth-order valence-electron chi connectivity index (χ4n) is 1.97. The standard InChI is InChI=1S/C16H23N/c1-3-4-5-6-9-15-10-7-8-11-16(15)13-12-14(2)17/h3-4,6,9,12-13H,2,5,7-8,10-11,17H2,1H3/b4-3-,9-6-,13-12+. The van der Waals surface area contributed by atoms with Crippen molar-refractivity contribution < 1.29 is 0 Å². The average molecular weight is 229 g/mol. The van der Waals surface area contributed by atoms with Crippen LogP contribution in [0.25, 0.3) is 0 Å². The molecule has 0 radical (unpaired) electrons. The van der Waals surface area contributed by atoms with Gasteiger partial charge in [-0.1, -0.05) is 37.0 Å². The van der Waals surface area contributed by atoms with Gasteiger partial charge in [-0.15, -0.1) is 0 Å². The molecule has 0 bridgehead atoms. The zero-order valence-electron chi connectivity index (χ0n) is 10.8. The van der Waals surface area contributed by atoms with Crippen LogP contribution in [0.2, 0.25) is 0 Å². The van der Waals surface area contributed by atoms with Gasteiger partial charge in [0.15, 0.2) is 0 Å². The summed E-state index contributed by atoms with van der Waals surface area (Å²) < 4.78 is 0. The van der Waals surface area contributed by atoms with E-state index in [2.05, 4.69) is 43.9 Å². The van der Waals surface area contributed by atoms with E-state index in [1.54, 1.807) is 0 Å². The molecule has 17 heavy (non-hydrogen) atoms. The van der Waals surface area contributed by atoms with Crippen molar-refractivity contribution in [2.45, 2.75) is 39.0 Å². The Hall–Kier alpha value is -1.50. The van der Waals surface area contributed by atoms with E-state index >= 15 is 0 Å². The second-order valence-electron chi connectivity index (χ2n) is 4.37. The van der Waals surface area contributed by atoms with Gasteiger partial charge in [-0.3, -0.25) is 0 Å². The molecular formula is C16H23N. The molecule has 2 N–H and O–H groups in total. The summed E-state index contributed by atoms with van der Waals surface area (Å²) in [5.41, 5.74) is 9.06. The van der Waals surface area contributed by atoms with Crippen molar-refractivity contribution in [3.63, 3.8) is 0 Å². The van der Waals surface area contributed by atoms with Crippen LogP contribution in [0.15, 0.2) is 59.9 Å². The van der Waals surface area contributed by atoms with Gasteiger partial charge >= 0.3 is 0 Å². The molecule has 0 atom stereocenters. The Morgan fingerprint density at radius 1 is 1.18 bits per heavy atom. The van der Waals surface area contributed by atoms with Crippen LogP contribution < -0.4 is 5.73 Å². The normalized spacial score (nSPS) is 17.7. The third kappa shape index (κ3) is 5.39. The minimum Gasteiger partial charge on any atom is -0.399 e. The van der Waals surface area contributed by atoms with E-state index in [0.717, 1.165) is 12.8 Å². The zero-order chi connectivity index (χ0) is 12.5. The maximum atomic E-state index is 5.56. The van der Waals surface area contributed by atoms with Crippen LogP contribution in [0.3, 0.4) is 0 Å². The van der Waals surface area contributed by atoms with Crippen LogP contribution in [0.1, 0.15) is 39.0 Å². The number of rotatable bonds is 5. The topological polar surface area (TPSA) is 26.0 Å². The van der Waals surface area contributed by atoms with Crippen LogP contribution in [-0.4, -0.2) is 0 Å². The molecule has 1 aliphatic carbocycles. The first-order valence-corrected chi connectivity index (χ1v) is 6.36. The monoisotopic (exact) mass is 229 g/mol. The molecule has 1 nitrogen and oxygen atoms in total. The van der Waals surface area contributed by atoms with Gasteiger partial charge in [0.05, 0.1) is 0 Å². The van der Waals surface area contributed by atoms with Crippen molar-refractivity contribution in [2.24, 2.45) is 5.73 Å². The highest BCUT2D eigenvalue weighted by molar-refractivity contribution is 5.36. The van der Waals surface area contributed by atoms with Gasteiger partial charge in [0.2, 0.25) is 0 Å². The van der Waals surface area contributed by atoms with Gasteiger partial charge in [0.1, 0.15) is 0 Å². The van der Waals surface area contributed by atoms with Crippen LogP contribution in [-0.2, 0) is 0 Å². The van der Waals surface area contributed by atoms with Crippen LogP contribution >= 0.6 is 0 Å².